The van der Waals surface area contributed by atoms with Crippen molar-refractivity contribution in [1.82, 2.24) is 0 Å². The number of rotatable bonds is 9. The van der Waals surface area contributed by atoms with E-state index in [4.69, 9.17) is 12.5 Å². The molecule has 190 valence electrons. The highest BCUT2D eigenvalue weighted by molar-refractivity contribution is 7.87. The zero-order chi connectivity index (χ0) is 26.3. The SMILES string of the molecule is O=C(Nc1ccc(OS(=O)(=O)Oc2ccccc2)cc1)Nc1ccc(OS(=O)(=O)c2ccccc2)cc1. The predicted molar refractivity (Wildman–Crippen MR) is 136 cm³/mol. The number of anilines is 2. The summed E-state index contributed by atoms with van der Waals surface area (Å²) in [7, 11) is -8.32. The van der Waals surface area contributed by atoms with Crippen LogP contribution in [0.15, 0.2) is 114 Å². The van der Waals surface area contributed by atoms with Gasteiger partial charge in [0.25, 0.3) is 0 Å². The minimum Gasteiger partial charge on any atom is -0.379 e. The van der Waals surface area contributed by atoms with Crippen molar-refractivity contribution in [3.8, 4) is 17.2 Å². The van der Waals surface area contributed by atoms with Crippen LogP contribution in [0.5, 0.6) is 17.2 Å². The summed E-state index contributed by atoms with van der Waals surface area (Å²) < 4.78 is 63.5. The summed E-state index contributed by atoms with van der Waals surface area (Å²) in [5, 5.41) is 5.17. The minimum absolute atomic E-state index is 0.0112. The van der Waals surface area contributed by atoms with Crippen molar-refractivity contribution in [2.24, 2.45) is 0 Å². The Morgan fingerprint density at radius 2 is 0.919 bits per heavy atom. The first-order chi connectivity index (χ1) is 17.7. The molecule has 0 aliphatic rings. The Hall–Kier alpha value is -4.55. The third-order valence-electron chi connectivity index (χ3n) is 4.60. The van der Waals surface area contributed by atoms with Gasteiger partial charge in [-0.25, -0.2) is 4.79 Å². The number of nitrogens with one attached hydrogen (secondary N) is 2. The molecular weight excluding hydrogens is 520 g/mol. The number of carbonyl (C=O) groups excluding carboxylic acids is 1. The molecule has 2 amide bonds. The van der Waals surface area contributed by atoms with Gasteiger partial charge in [-0.1, -0.05) is 36.4 Å². The first-order valence-corrected chi connectivity index (χ1v) is 13.4. The van der Waals surface area contributed by atoms with Gasteiger partial charge in [0.05, 0.1) is 0 Å². The fraction of sp³-hybridized carbons (Fsp3) is 0. The van der Waals surface area contributed by atoms with Gasteiger partial charge in [-0.3, -0.25) is 0 Å². The average Bonchev–Trinajstić information content (AvgIpc) is 2.87. The van der Waals surface area contributed by atoms with E-state index in [9.17, 15) is 21.6 Å². The van der Waals surface area contributed by atoms with Crippen molar-refractivity contribution >= 4 is 37.9 Å². The number of carbonyl (C=O) groups is 1. The molecule has 0 aliphatic heterocycles. The Morgan fingerprint density at radius 1 is 0.514 bits per heavy atom. The van der Waals surface area contributed by atoms with Crippen molar-refractivity contribution < 1.29 is 34.2 Å². The number of hydrogen-bond acceptors (Lipinski definition) is 8. The summed E-state index contributed by atoms with van der Waals surface area (Å²) in [6, 6.07) is 26.4. The number of para-hydroxylation sites is 1. The Morgan fingerprint density at radius 3 is 1.41 bits per heavy atom. The van der Waals surface area contributed by atoms with E-state index in [-0.39, 0.29) is 22.1 Å². The molecule has 0 heterocycles. The molecule has 0 radical (unpaired) electrons. The summed E-state index contributed by atoms with van der Waals surface area (Å²) in [5.41, 5.74) is 0.742. The molecule has 4 aromatic rings. The first-order valence-electron chi connectivity index (χ1n) is 10.7. The maximum Gasteiger partial charge on any atom is 0.500 e. The lowest BCUT2D eigenvalue weighted by molar-refractivity contribution is 0.262. The zero-order valence-corrected chi connectivity index (χ0v) is 20.6. The van der Waals surface area contributed by atoms with Crippen LogP contribution in [-0.4, -0.2) is 22.9 Å². The molecular formula is C25H20N2O8S2. The monoisotopic (exact) mass is 540 g/mol. The maximum absolute atomic E-state index is 12.3. The molecule has 0 aliphatic carbocycles. The van der Waals surface area contributed by atoms with Gasteiger partial charge in [0.15, 0.2) is 0 Å². The average molecular weight is 541 g/mol. The summed E-state index contributed by atoms with van der Waals surface area (Å²) in [4.78, 5) is 12.3. The van der Waals surface area contributed by atoms with Gasteiger partial charge in [-0.15, -0.1) is 8.42 Å². The van der Waals surface area contributed by atoms with Crippen LogP contribution < -0.4 is 23.2 Å². The number of urea groups is 1. The molecule has 12 heteroatoms. The van der Waals surface area contributed by atoms with Gasteiger partial charge in [0.2, 0.25) is 0 Å². The van der Waals surface area contributed by atoms with E-state index in [0.29, 0.717) is 11.4 Å². The Bertz CT molecular complexity index is 1560. The molecule has 4 rings (SSSR count). The van der Waals surface area contributed by atoms with Crippen LogP contribution in [-0.2, 0) is 20.5 Å². The lowest BCUT2D eigenvalue weighted by Gasteiger charge is -2.10. The van der Waals surface area contributed by atoms with Crippen molar-refractivity contribution in [3.05, 3.63) is 109 Å². The van der Waals surface area contributed by atoms with E-state index in [1.54, 1.807) is 36.4 Å². The molecule has 37 heavy (non-hydrogen) atoms. The largest absolute Gasteiger partial charge is 0.500 e. The highest BCUT2D eigenvalue weighted by atomic mass is 32.3. The first kappa shape index (κ1) is 25.5. The van der Waals surface area contributed by atoms with Gasteiger partial charge in [0.1, 0.15) is 22.1 Å². The maximum atomic E-state index is 12.3. The third-order valence-corrected chi connectivity index (χ3v) is 6.66. The Labute approximate surface area is 213 Å². The van der Waals surface area contributed by atoms with Gasteiger partial charge in [-0.2, -0.15) is 8.42 Å². The lowest BCUT2D eigenvalue weighted by atomic mass is 10.3. The van der Waals surface area contributed by atoms with Gasteiger partial charge in [-0.05, 0) is 72.8 Å². The second-order valence-electron chi connectivity index (χ2n) is 7.37. The molecule has 0 saturated heterocycles. The molecule has 10 nitrogen and oxygen atoms in total. The van der Waals surface area contributed by atoms with Crippen molar-refractivity contribution in [3.63, 3.8) is 0 Å². The quantitative estimate of drug-likeness (QED) is 0.289. The van der Waals surface area contributed by atoms with Crippen LogP contribution in [0.4, 0.5) is 16.2 Å². The van der Waals surface area contributed by atoms with Crippen LogP contribution in [0.3, 0.4) is 0 Å². The van der Waals surface area contributed by atoms with E-state index in [1.807, 2.05) is 0 Å². The second kappa shape index (κ2) is 11.0. The summed E-state index contributed by atoms with van der Waals surface area (Å²) in [5.74, 6) is 0.175. The number of benzene rings is 4. The van der Waals surface area contributed by atoms with E-state index in [2.05, 4.69) is 10.6 Å². The summed E-state index contributed by atoms with van der Waals surface area (Å²) >= 11 is 0. The van der Waals surface area contributed by atoms with Gasteiger partial charge >= 0.3 is 26.5 Å². The minimum atomic E-state index is -4.34. The smallest absolute Gasteiger partial charge is 0.379 e. The van der Waals surface area contributed by atoms with Crippen molar-refractivity contribution in [2.45, 2.75) is 4.90 Å². The highest BCUT2D eigenvalue weighted by Gasteiger charge is 2.17. The van der Waals surface area contributed by atoms with Crippen molar-refractivity contribution in [1.29, 1.82) is 0 Å². The molecule has 4 aromatic carbocycles. The van der Waals surface area contributed by atoms with E-state index in [1.165, 1.54) is 72.8 Å². The number of hydrogen-bond donors (Lipinski definition) is 2. The summed E-state index contributed by atoms with van der Waals surface area (Å²) in [6.45, 7) is 0. The topological polar surface area (TPSA) is 137 Å². The molecule has 0 spiro atoms. The van der Waals surface area contributed by atoms with E-state index in [0.717, 1.165) is 0 Å². The number of amides is 2. The second-order valence-corrected chi connectivity index (χ2v) is 10.1. The molecule has 0 aromatic heterocycles. The normalized spacial score (nSPS) is 11.2. The van der Waals surface area contributed by atoms with Crippen LogP contribution >= 0.6 is 0 Å². The van der Waals surface area contributed by atoms with Crippen molar-refractivity contribution in [2.75, 3.05) is 10.6 Å². The highest BCUT2D eigenvalue weighted by Crippen LogP contribution is 2.22. The molecule has 2 N–H and O–H groups in total. The Kier molecular flexibility index (Phi) is 7.60. The Balaban J connectivity index is 1.30. The summed E-state index contributed by atoms with van der Waals surface area (Å²) in [6.07, 6.45) is 0. The molecule has 0 bridgehead atoms. The zero-order valence-electron chi connectivity index (χ0n) is 19.0. The third kappa shape index (κ3) is 7.46. The van der Waals surface area contributed by atoms with E-state index < -0.39 is 26.5 Å². The molecule has 0 atom stereocenters. The van der Waals surface area contributed by atoms with Crippen LogP contribution in [0.25, 0.3) is 0 Å². The molecule has 0 fully saturated rings. The standard InChI is InChI=1S/C25H20N2O8S2/c28-25(26-19-11-15-22(16-12-19)33-36(29,30)24-9-5-2-6-10-24)27-20-13-17-23(18-14-20)35-37(31,32)34-21-7-3-1-4-8-21/h1-18H,(H2,26,27,28). The fourth-order valence-electron chi connectivity index (χ4n) is 2.97. The predicted octanol–water partition coefficient (Wildman–Crippen LogP) is 4.80. The van der Waals surface area contributed by atoms with Gasteiger partial charge < -0.3 is 23.2 Å². The van der Waals surface area contributed by atoms with Crippen LogP contribution in [0, 0.1) is 0 Å². The van der Waals surface area contributed by atoms with Crippen LogP contribution in [0.1, 0.15) is 0 Å². The molecule has 0 saturated carbocycles. The molecule has 0 unspecified atom stereocenters. The fourth-order valence-corrected chi connectivity index (χ4v) is 4.65. The lowest BCUT2D eigenvalue weighted by Crippen LogP contribution is -2.19. The van der Waals surface area contributed by atoms with E-state index >= 15 is 0 Å². The van der Waals surface area contributed by atoms with Gasteiger partial charge in [0, 0.05) is 11.4 Å². The van der Waals surface area contributed by atoms with Crippen LogP contribution in [0.2, 0.25) is 0 Å².